The molecule has 3 N–H and O–H groups in total. The topological polar surface area (TPSA) is 78.9 Å². The Morgan fingerprint density at radius 2 is 1.85 bits per heavy atom. The average Bonchev–Trinajstić information content (AvgIpc) is 2.37. The molecule has 2 rings (SSSR count). The van der Waals surface area contributed by atoms with Crippen LogP contribution in [0.2, 0.25) is 0 Å². The van der Waals surface area contributed by atoms with Gasteiger partial charge in [-0.25, -0.2) is 9.97 Å². The van der Waals surface area contributed by atoms with E-state index in [9.17, 15) is 0 Å². The van der Waals surface area contributed by atoms with E-state index in [0.717, 1.165) is 16.9 Å². The second-order valence-corrected chi connectivity index (χ2v) is 4.96. The number of aromatic nitrogens is 2. The van der Waals surface area contributed by atoms with Gasteiger partial charge < -0.3 is 10.6 Å². The van der Waals surface area contributed by atoms with E-state index in [-0.39, 0.29) is 5.84 Å². The highest BCUT2D eigenvalue weighted by Gasteiger charge is 2.12. The SMILES string of the molecule is Cc1ccc(N(C)c2nc(C)cc(C(=N)N)n2)c(C)c1. The molecule has 0 saturated carbocycles. The first kappa shape index (κ1) is 14.0. The molecule has 5 nitrogen and oxygen atoms in total. The molecule has 2 aromatic rings. The van der Waals surface area contributed by atoms with E-state index < -0.39 is 0 Å². The molecule has 0 aliphatic heterocycles. The number of nitrogens with two attached hydrogens (primary N) is 1. The van der Waals surface area contributed by atoms with Gasteiger partial charge in [0, 0.05) is 18.4 Å². The molecule has 0 radical (unpaired) electrons. The number of nitrogens with zero attached hydrogens (tertiary/aromatic N) is 3. The van der Waals surface area contributed by atoms with Gasteiger partial charge in [-0.3, -0.25) is 5.41 Å². The Morgan fingerprint density at radius 3 is 2.45 bits per heavy atom. The fraction of sp³-hybridized carbons (Fsp3) is 0.267. The summed E-state index contributed by atoms with van der Waals surface area (Å²) in [5, 5.41) is 7.51. The number of hydrogen-bond acceptors (Lipinski definition) is 4. The summed E-state index contributed by atoms with van der Waals surface area (Å²) in [4.78, 5) is 10.7. The lowest BCUT2D eigenvalue weighted by Crippen LogP contribution is -2.19. The van der Waals surface area contributed by atoms with Gasteiger partial charge in [0.15, 0.2) is 0 Å². The van der Waals surface area contributed by atoms with Crippen LogP contribution in [0.5, 0.6) is 0 Å². The smallest absolute Gasteiger partial charge is 0.230 e. The van der Waals surface area contributed by atoms with Crippen LogP contribution >= 0.6 is 0 Å². The molecule has 20 heavy (non-hydrogen) atoms. The van der Waals surface area contributed by atoms with E-state index in [0.29, 0.717) is 11.6 Å². The lowest BCUT2D eigenvalue weighted by molar-refractivity contribution is 0.998. The molecule has 0 fully saturated rings. The van der Waals surface area contributed by atoms with Crippen molar-refractivity contribution in [2.75, 3.05) is 11.9 Å². The largest absolute Gasteiger partial charge is 0.382 e. The summed E-state index contributed by atoms with van der Waals surface area (Å²) in [6, 6.07) is 7.93. The fourth-order valence-electron chi connectivity index (χ4n) is 2.13. The van der Waals surface area contributed by atoms with Crippen LogP contribution in [-0.4, -0.2) is 22.9 Å². The van der Waals surface area contributed by atoms with Gasteiger partial charge in [0.25, 0.3) is 0 Å². The molecule has 0 aliphatic carbocycles. The molecule has 1 aromatic carbocycles. The lowest BCUT2D eigenvalue weighted by Gasteiger charge is -2.20. The minimum Gasteiger partial charge on any atom is -0.382 e. The van der Waals surface area contributed by atoms with Crippen molar-refractivity contribution >= 4 is 17.5 Å². The molecule has 0 bridgehead atoms. The summed E-state index contributed by atoms with van der Waals surface area (Å²) in [6.45, 7) is 5.99. The first-order valence-corrected chi connectivity index (χ1v) is 6.39. The lowest BCUT2D eigenvalue weighted by atomic mass is 10.1. The molecule has 1 aromatic heterocycles. The zero-order valence-electron chi connectivity index (χ0n) is 12.2. The highest BCUT2D eigenvalue weighted by Crippen LogP contribution is 2.25. The standard InChI is InChI=1S/C15H19N5/c1-9-5-6-13(10(2)7-9)20(4)15-18-11(3)8-12(19-15)14(16)17/h5-8H,1-4H3,(H3,16,17). The third kappa shape index (κ3) is 2.77. The number of benzene rings is 1. The maximum atomic E-state index is 7.51. The summed E-state index contributed by atoms with van der Waals surface area (Å²) in [5.74, 6) is 0.493. The van der Waals surface area contributed by atoms with E-state index in [1.54, 1.807) is 6.07 Å². The van der Waals surface area contributed by atoms with Gasteiger partial charge in [-0.15, -0.1) is 0 Å². The number of aryl methyl sites for hydroxylation is 3. The Kier molecular flexibility index (Phi) is 3.70. The Morgan fingerprint density at radius 1 is 1.15 bits per heavy atom. The Labute approximate surface area is 119 Å². The minimum absolute atomic E-state index is 0.0502. The number of anilines is 2. The van der Waals surface area contributed by atoms with Crippen molar-refractivity contribution in [2.24, 2.45) is 5.73 Å². The van der Waals surface area contributed by atoms with Crippen LogP contribution in [0.15, 0.2) is 24.3 Å². The number of nitrogens with one attached hydrogen (secondary N) is 1. The molecule has 0 saturated heterocycles. The van der Waals surface area contributed by atoms with Crippen molar-refractivity contribution in [3.63, 3.8) is 0 Å². The van der Waals surface area contributed by atoms with Gasteiger partial charge >= 0.3 is 0 Å². The molecule has 0 unspecified atom stereocenters. The minimum atomic E-state index is -0.0502. The summed E-state index contributed by atoms with van der Waals surface area (Å²) >= 11 is 0. The quantitative estimate of drug-likeness (QED) is 0.662. The van der Waals surface area contributed by atoms with Crippen LogP contribution in [-0.2, 0) is 0 Å². The van der Waals surface area contributed by atoms with Crippen molar-refractivity contribution in [1.82, 2.24) is 9.97 Å². The first-order valence-electron chi connectivity index (χ1n) is 6.39. The monoisotopic (exact) mass is 269 g/mol. The van der Waals surface area contributed by atoms with E-state index in [1.807, 2.05) is 24.9 Å². The normalized spacial score (nSPS) is 10.4. The average molecular weight is 269 g/mol. The Balaban J connectivity index is 2.47. The highest BCUT2D eigenvalue weighted by molar-refractivity contribution is 5.93. The molecule has 0 aliphatic rings. The van der Waals surface area contributed by atoms with Crippen LogP contribution in [0, 0.1) is 26.2 Å². The zero-order chi connectivity index (χ0) is 14.9. The van der Waals surface area contributed by atoms with Crippen molar-refractivity contribution in [3.05, 3.63) is 46.8 Å². The summed E-state index contributed by atoms with van der Waals surface area (Å²) in [5.41, 5.74) is 10.2. The Bertz CT molecular complexity index is 663. The molecule has 104 valence electrons. The summed E-state index contributed by atoms with van der Waals surface area (Å²) in [6.07, 6.45) is 0. The molecule has 0 amide bonds. The zero-order valence-corrected chi connectivity index (χ0v) is 12.2. The molecule has 5 heteroatoms. The van der Waals surface area contributed by atoms with Crippen molar-refractivity contribution < 1.29 is 0 Å². The fourth-order valence-corrected chi connectivity index (χ4v) is 2.13. The molecule has 1 heterocycles. The second-order valence-electron chi connectivity index (χ2n) is 4.96. The third-order valence-corrected chi connectivity index (χ3v) is 3.13. The first-order chi connectivity index (χ1) is 9.38. The maximum Gasteiger partial charge on any atom is 0.230 e. The van der Waals surface area contributed by atoms with Crippen molar-refractivity contribution in [3.8, 4) is 0 Å². The summed E-state index contributed by atoms with van der Waals surface area (Å²) < 4.78 is 0. The predicted molar refractivity (Wildman–Crippen MR) is 81.8 cm³/mol. The number of nitrogen functional groups attached to an aromatic ring is 1. The van der Waals surface area contributed by atoms with Crippen molar-refractivity contribution in [1.29, 1.82) is 5.41 Å². The van der Waals surface area contributed by atoms with Gasteiger partial charge in [0.1, 0.15) is 11.5 Å². The highest BCUT2D eigenvalue weighted by atomic mass is 15.2. The second kappa shape index (κ2) is 5.28. The van der Waals surface area contributed by atoms with Gasteiger partial charge in [0.2, 0.25) is 5.95 Å². The van der Waals surface area contributed by atoms with E-state index in [1.165, 1.54) is 5.56 Å². The molecule has 0 atom stereocenters. The van der Waals surface area contributed by atoms with Crippen LogP contribution in [0.4, 0.5) is 11.6 Å². The van der Waals surface area contributed by atoms with Crippen LogP contribution in [0.1, 0.15) is 22.5 Å². The van der Waals surface area contributed by atoms with Crippen LogP contribution < -0.4 is 10.6 Å². The van der Waals surface area contributed by atoms with Crippen LogP contribution in [0.3, 0.4) is 0 Å². The molecular formula is C15H19N5. The van der Waals surface area contributed by atoms with Gasteiger partial charge in [-0.1, -0.05) is 17.7 Å². The van der Waals surface area contributed by atoms with Gasteiger partial charge in [0.05, 0.1) is 0 Å². The van der Waals surface area contributed by atoms with E-state index >= 15 is 0 Å². The number of rotatable bonds is 3. The van der Waals surface area contributed by atoms with Crippen molar-refractivity contribution in [2.45, 2.75) is 20.8 Å². The predicted octanol–water partition coefficient (Wildman–Crippen LogP) is 2.45. The molecular weight excluding hydrogens is 250 g/mol. The van der Waals surface area contributed by atoms with E-state index in [2.05, 4.69) is 35.9 Å². The van der Waals surface area contributed by atoms with E-state index in [4.69, 9.17) is 11.1 Å². The van der Waals surface area contributed by atoms with Crippen LogP contribution in [0.25, 0.3) is 0 Å². The summed E-state index contributed by atoms with van der Waals surface area (Å²) in [7, 11) is 1.91. The van der Waals surface area contributed by atoms with Gasteiger partial charge in [-0.2, -0.15) is 0 Å². The number of amidine groups is 1. The van der Waals surface area contributed by atoms with Gasteiger partial charge in [-0.05, 0) is 38.5 Å². The number of hydrogen-bond donors (Lipinski definition) is 2. The Hall–Kier alpha value is -2.43. The third-order valence-electron chi connectivity index (χ3n) is 3.13. The maximum absolute atomic E-state index is 7.51. The molecule has 0 spiro atoms.